The highest BCUT2D eigenvalue weighted by atomic mass is 127. The van der Waals surface area contributed by atoms with Gasteiger partial charge in [0.05, 0.1) is 13.2 Å². The van der Waals surface area contributed by atoms with E-state index in [1.807, 2.05) is 30.3 Å². The second kappa shape index (κ2) is 12.5. The summed E-state index contributed by atoms with van der Waals surface area (Å²) in [4.78, 5) is 18.7. The maximum absolute atomic E-state index is 12.1. The fourth-order valence-corrected chi connectivity index (χ4v) is 3.49. The van der Waals surface area contributed by atoms with E-state index in [9.17, 15) is 4.79 Å². The van der Waals surface area contributed by atoms with Crippen LogP contribution < -0.4 is 10.6 Å². The monoisotopic (exact) mass is 522 g/mol. The first kappa shape index (κ1) is 24.1. The maximum atomic E-state index is 12.1. The second-order valence-corrected chi connectivity index (χ2v) is 7.11. The molecule has 1 aliphatic heterocycles. The average molecular weight is 522 g/mol. The fraction of sp³-hybridized carbons (Fsp3) is 0.391. The van der Waals surface area contributed by atoms with Gasteiger partial charge in [-0.2, -0.15) is 0 Å². The Kier molecular flexibility index (Phi) is 10.1. The third kappa shape index (κ3) is 6.70. The van der Waals surface area contributed by atoms with Gasteiger partial charge in [0.2, 0.25) is 0 Å². The Hall–Kier alpha value is -2.13. The quantitative estimate of drug-likeness (QED) is 0.264. The van der Waals surface area contributed by atoms with Gasteiger partial charge in [0.15, 0.2) is 5.96 Å². The lowest BCUT2D eigenvalue weighted by atomic mass is 10.0. The van der Waals surface area contributed by atoms with Gasteiger partial charge in [0.25, 0.3) is 5.91 Å². The Balaban J connectivity index is 0.00000320. The number of carbonyl (C=O) groups excluding carboxylic acids is 1. The van der Waals surface area contributed by atoms with Crippen LogP contribution in [0, 0.1) is 6.92 Å². The molecule has 0 radical (unpaired) electrons. The normalized spacial score (nSPS) is 16.5. The van der Waals surface area contributed by atoms with Crippen LogP contribution in [0.5, 0.6) is 0 Å². The van der Waals surface area contributed by atoms with Gasteiger partial charge in [-0.15, -0.1) is 24.0 Å². The van der Waals surface area contributed by atoms with Crippen LogP contribution in [0.25, 0.3) is 0 Å². The molecule has 1 heterocycles. The lowest BCUT2D eigenvalue weighted by Gasteiger charge is -2.35. The number of aryl methyl sites for hydroxylation is 1. The highest BCUT2D eigenvalue weighted by molar-refractivity contribution is 14.0. The number of carbonyl (C=O) groups is 1. The summed E-state index contributed by atoms with van der Waals surface area (Å²) in [5.41, 5.74) is 3.17. The van der Waals surface area contributed by atoms with E-state index in [4.69, 9.17) is 4.74 Å². The van der Waals surface area contributed by atoms with Gasteiger partial charge in [0, 0.05) is 32.2 Å². The predicted octanol–water partition coefficient (Wildman–Crippen LogP) is 3.38. The summed E-state index contributed by atoms with van der Waals surface area (Å²) in [7, 11) is 1.80. The number of aliphatic imine (C=N–C) groups is 1. The van der Waals surface area contributed by atoms with Gasteiger partial charge in [-0.05, 0) is 36.6 Å². The van der Waals surface area contributed by atoms with Crippen molar-refractivity contribution in [2.24, 2.45) is 4.99 Å². The smallest absolute Gasteiger partial charge is 0.251 e. The van der Waals surface area contributed by atoms with Crippen molar-refractivity contribution in [1.29, 1.82) is 0 Å². The molecular formula is C23H31IN4O2. The molecule has 1 saturated heterocycles. The van der Waals surface area contributed by atoms with Crippen LogP contribution in [-0.2, 0) is 4.74 Å². The molecule has 0 aliphatic carbocycles. The van der Waals surface area contributed by atoms with Gasteiger partial charge in [-0.3, -0.25) is 9.79 Å². The molecule has 1 aliphatic rings. The first-order valence-corrected chi connectivity index (χ1v) is 10.1. The van der Waals surface area contributed by atoms with Crippen LogP contribution in [0.15, 0.2) is 59.6 Å². The molecule has 1 fully saturated rings. The van der Waals surface area contributed by atoms with Crippen molar-refractivity contribution < 1.29 is 9.53 Å². The number of morpholine rings is 1. The summed E-state index contributed by atoms with van der Waals surface area (Å²) in [6.45, 7) is 5.74. The minimum Gasteiger partial charge on any atom is -0.370 e. The minimum atomic E-state index is -0.0377. The number of amides is 1. The largest absolute Gasteiger partial charge is 0.370 e. The molecule has 2 aromatic rings. The van der Waals surface area contributed by atoms with Crippen molar-refractivity contribution in [2.45, 2.75) is 19.4 Å². The summed E-state index contributed by atoms with van der Waals surface area (Å²) in [5, 5.41) is 6.36. The summed E-state index contributed by atoms with van der Waals surface area (Å²) in [5.74, 6) is 0.838. The summed E-state index contributed by atoms with van der Waals surface area (Å²) < 4.78 is 6.01. The molecule has 0 spiro atoms. The number of guanidine groups is 1. The number of nitrogens with one attached hydrogen (secondary N) is 2. The van der Waals surface area contributed by atoms with Gasteiger partial charge in [0.1, 0.15) is 6.10 Å². The number of ether oxygens (including phenoxy) is 1. The topological polar surface area (TPSA) is 66.0 Å². The van der Waals surface area contributed by atoms with Crippen LogP contribution in [0.1, 0.15) is 34.0 Å². The highest BCUT2D eigenvalue weighted by Crippen LogP contribution is 2.24. The number of halogens is 1. The van der Waals surface area contributed by atoms with Crippen molar-refractivity contribution in [3.63, 3.8) is 0 Å². The van der Waals surface area contributed by atoms with E-state index < -0.39 is 0 Å². The SMILES string of the molecule is CN=C(NCCCNC(=O)c1ccccc1)N1CCOC(c2ccccc2C)C1.I. The fourth-order valence-electron chi connectivity index (χ4n) is 3.49. The summed E-state index contributed by atoms with van der Waals surface area (Å²) in [6, 6.07) is 17.6. The molecule has 1 unspecified atom stereocenters. The third-order valence-electron chi connectivity index (χ3n) is 5.07. The van der Waals surface area contributed by atoms with Gasteiger partial charge in [-0.1, -0.05) is 42.5 Å². The average Bonchev–Trinajstić information content (AvgIpc) is 2.77. The van der Waals surface area contributed by atoms with Crippen molar-refractivity contribution in [3.05, 3.63) is 71.3 Å². The Bertz CT molecular complexity index is 829. The van der Waals surface area contributed by atoms with Crippen LogP contribution >= 0.6 is 24.0 Å². The lowest BCUT2D eigenvalue weighted by molar-refractivity contribution is -0.00830. The summed E-state index contributed by atoms with van der Waals surface area (Å²) >= 11 is 0. The predicted molar refractivity (Wildman–Crippen MR) is 132 cm³/mol. The molecular weight excluding hydrogens is 491 g/mol. The molecule has 0 saturated carbocycles. The molecule has 2 N–H and O–H groups in total. The molecule has 0 bridgehead atoms. The zero-order valence-corrected chi connectivity index (χ0v) is 20.0. The van der Waals surface area contributed by atoms with E-state index in [0.29, 0.717) is 18.7 Å². The second-order valence-electron chi connectivity index (χ2n) is 7.11. The molecule has 0 aromatic heterocycles. The summed E-state index contributed by atoms with van der Waals surface area (Å²) in [6.07, 6.45) is 0.872. The first-order valence-electron chi connectivity index (χ1n) is 10.1. The molecule has 1 atom stereocenters. The minimum absolute atomic E-state index is 0. The van der Waals surface area contributed by atoms with Crippen LogP contribution in [-0.4, -0.2) is 56.6 Å². The van der Waals surface area contributed by atoms with E-state index in [2.05, 4.69) is 51.7 Å². The Morgan fingerprint density at radius 2 is 1.80 bits per heavy atom. The van der Waals surface area contributed by atoms with Crippen LogP contribution in [0.2, 0.25) is 0 Å². The zero-order valence-electron chi connectivity index (χ0n) is 17.6. The van der Waals surface area contributed by atoms with E-state index in [1.165, 1.54) is 11.1 Å². The first-order chi connectivity index (χ1) is 14.2. The van der Waals surface area contributed by atoms with Gasteiger partial charge in [-0.25, -0.2) is 0 Å². The van der Waals surface area contributed by atoms with Crippen molar-refractivity contribution >= 4 is 35.8 Å². The van der Waals surface area contributed by atoms with Gasteiger partial charge < -0.3 is 20.3 Å². The van der Waals surface area contributed by atoms with E-state index in [0.717, 1.165) is 32.0 Å². The third-order valence-corrected chi connectivity index (χ3v) is 5.07. The highest BCUT2D eigenvalue weighted by Gasteiger charge is 2.24. The zero-order chi connectivity index (χ0) is 20.5. The molecule has 162 valence electrons. The van der Waals surface area contributed by atoms with Crippen molar-refractivity contribution in [3.8, 4) is 0 Å². The number of benzene rings is 2. The number of hydrogen-bond acceptors (Lipinski definition) is 3. The number of rotatable bonds is 6. The van der Waals surface area contributed by atoms with Crippen LogP contribution in [0.3, 0.4) is 0 Å². The Morgan fingerprint density at radius 3 is 2.53 bits per heavy atom. The molecule has 2 aromatic carbocycles. The van der Waals surface area contributed by atoms with Crippen molar-refractivity contribution in [2.75, 3.05) is 39.8 Å². The van der Waals surface area contributed by atoms with Gasteiger partial charge >= 0.3 is 0 Å². The lowest BCUT2D eigenvalue weighted by Crippen LogP contribution is -2.48. The molecule has 30 heavy (non-hydrogen) atoms. The Morgan fingerprint density at radius 1 is 1.10 bits per heavy atom. The Labute approximate surface area is 196 Å². The number of hydrogen-bond donors (Lipinski definition) is 2. The van der Waals surface area contributed by atoms with E-state index in [1.54, 1.807) is 7.05 Å². The molecule has 1 amide bonds. The standard InChI is InChI=1S/C23H30N4O2.HI/c1-18-9-6-7-12-20(18)21-17-27(15-16-29-21)23(24-2)26-14-8-13-25-22(28)19-10-4-3-5-11-19;/h3-7,9-12,21H,8,13-17H2,1-2H3,(H,24,26)(H,25,28);1H. The van der Waals surface area contributed by atoms with Crippen molar-refractivity contribution in [1.82, 2.24) is 15.5 Å². The maximum Gasteiger partial charge on any atom is 0.251 e. The molecule has 7 heteroatoms. The molecule has 6 nitrogen and oxygen atoms in total. The molecule has 3 rings (SSSR count). The van der Waals surface area contributed by atoms with Crippen LogP contribution in [0.4, 0.5) is 0 Å². The van der Waals surface area contributed by atoms with E-state index in [-0.39, 0.29) is 36.0 Å². The van der Waals surface area contributed by atoms with E-state index >= 15 is 0 Å². The number of nitrogens with zero attached hydrogens (tertiary/aromatic N) is 2.